The molecule has 0 aromatic carbocycles. The van der Waals surface area contributed by atoms with Crippen molar-refractivity contribution in [3.8, 4) is 0 Å². The molecule has 0 aliphatic carbocycles. The van der Waals surface area contributed by atoms with Crippen LogP contribution in [0, 0.1) is 20.0 Å². The molecule has 1 rings (SSSR count). The van der Waals surface area contributed by atoms with Crippen molar-refractivity contribution >= 4 is 16.8 Å². The number of allylic oxidation sites excluding steroid dienone is 2. The fourth-order valence-electron chi connectivity index (χ4n) is 1.45. The van der Waals surface area contributed by atoms with Crippen molar-refractivity contribution in [2.75, 3.05) is 12.9 Å². The predicted molar refractivity (Wildman–Crippen MR) is 72.7 cm³/mol. The van der Waals surface area contributed by atoms with Gasteiger partial charge in [-0.1, -0.05) is 24.6 Å². The van der Waals surface area contributed by atoms with E-state index in [9.17, 15) is 9.00 Å². The first-order valence-corrected chi connectivity index (χ1v) is 7.03. The average molecular weight is 368 g/mol. The van der Waals surface area contributed by atoms with Gasteiger partial charge in [-0.15, -0.1) is 0 Å². The van der Waals surface area contributed by atoms with E-state index in [1.165, 1.54) is 13.2 Å². The van der Waals surface area contributed by atoms with E-state index in [0.717, 1.165) is 25.0 Å². The van der Waals surface area contributed by atoms with E-state index in [1.54, 1.807) is 12.2 Å². The number of hydrogen-bond acceptors (Lipinski definition) is 3. The van der Waals surface area contributed by atoms with Crippen LogP contribution in [0.4, 0.5) is 0 Å². The van der Waals surface area contributed by atoms with Gasteiger partial charge in [-0.3, -0.25) is 4.21 Å². The Morgan fingerprint density at radius 2 is 1.68 bits per heavy atom. The number of rotatable bonds is 3. The quantitative estimate of drug-likeness (QED) is 0.188. The van der Waals surface area contributed by atoms with Crippen molar-refractivity contribution < 1.29 is 44.8 Å². The number of esters is 1. The maximum absolute atomic E-state index is 11.5. The molecule has 0 aromatic heterocycles. The molecule has 1 aliphatic rings. The number of carbonyl (C=O) groups is 1. The second-order valence-electron chi connectivity index (χ2n) is 3.39. The molecule has 1 heterocycles. The average Bonchev–Trinajstić information content (AvgIpc) is 2.58. The van der Waals surface area contributed by atoms with E-state index >= 15 is 0 Å². The van der Waals surface area contributed by atoms with Crippen LogP contribution < -0.4 is 0 Å². The van der Waals surface area contributed by atoms with E-state index < -0.39 is 10.8 Å². The van der Waals surface area contributed by atoms with E-state index in [0.29, 0.717) is 0 Å². The van der Waals surface area contributed by atoms with Crippen molar-refractivity contribution in [3.63, 3.8) is 0 Å². The molecule has 22 heavy (non-hydrogen) atoms. The normalized spacial score (nSPS) is 18.9. The molecule has 1 aliphatic heterocycles. The Morgan fingerprint density at radius 1 is 1.14 bits per heavy atom. The van der Waals surface area contributed by atoms with Gasteiger partial charge in [0.2, 0.25) is 0 Å². The van der Waals surface area contributed by atoms with Gasteiger partial charge in [-0.25, -0.2) is 4.79 Å². The summed E-state index contributed by atoms with van der Waals surface area (Å²) in [4.78, 5) is 10.7. The maximum atomic E-state index is 11.5. The zero-order valence-electron chi connectivity index (χ0n) is 11.9. The van der Waals surface area contributed by atoms with E-state index in [-0.39, 0.29) is 28.3 Å². The summed E-state index contributed by atoms with van der Waals surface area (Å²) in [5.74, 6) is 0.430. The summed E-state index contributed by atoms with van der Waals surface area (Å²) in [5, 5.41) is 0.154. The van der Waals surface area contributed by atoms with Gasteiger partial charge in [0, 0.05) is 39.7 Å². The topological polar surface area (TPSA) is 103 Å². The molecule has 0 unspecified atom stereocenters. The molecule has 0 bridgehead atoms. The Hall–Kier alpha value is -1.16. The third-order valence-electron chi connectivity index (χ3n) is 2.29. The van der Waals surface area contributed by atoms with Crippen LogP contribution >= 0.6 is 0 Å². The molecule has 122 valence electrons. The molecule has 1 fully saturated rings. The summed E-state index contributed by atoms with van der Waals surface area (Å²) in [6.45, 7) is 13.5. The van der Waals surface area contributed by atoms with Gasteiger partial charge in [-0.05, 0) is 12.8 Å². The second-order valence-corrected chi connectivity index (χ2v) is 5.16. The van der Waals surface area contributed by atoms with E-state index in [4.69, 9.17) is 14.0 Å². The van der Waals surface area contributed by atoms with Crippen LogP contribution in [-0.4, -0.2) is 28.3 Å². The van der Waals surface area contributed by atoms with Crippen LogP contribution in [0.3, 0.4) is 0 Å². The van der Waals surface area contributed by atoms with Crippen LogP contribution in [0.5, 0.6) is 0 Å². The molecule has 0 saturated carbocycles. The molecule has 1 saturated heterocycles. The summed E-state index contributed by atoms with van der Waals surface area (Å²) in [6.07, 6.45) is 9.84. The van der Waals surface area contributed by atoms with Gasteiger partial charge in [0.25, 0.3) is 0 Å². The zero-order valence-corrected chi connectivity index (χ0v) is 13.8. The minimum absolute atomic E-state index is 0. The minimum Gasteiger partial charge on any atom is 0 e. The summed E-state index contributed by atoms with van der Waals surface area (Å²) in [6, 6.07) is 0. The SMILES string of the molecule is COC(=O)/C=C/C=C/[C@@H]1CCCC[S@]1=O.[C-]#[O+].[C-]#[O+].[C-]#[O+].[Fe]. The van der Waals surface area contributed by atoms with Crippen molar-refractivity contribution in [1.29, 1.82) is 0 Å². The third-order valence-corrected chi connectivity index (χ3v) is 4.05. The molecule has 0 aromatic rings. The van der Waals surface area contributed by atoms with Crippen LogP contribution in [0.1, 0.15) is 19.3 Å². The standard InChI is InChI=1S/C11H16O3S.3CO.Fe/c1-14-11(12)8-3-2-6-10-7-4-5-9-15(10)13;3*1-2;/h2-3,6,8,10H,4-5,7,9H2,1H3;;;;/b6-2+,8-3+;;;;/t10-,15-;;;;/m1..../s1. The summed E-state index contributed by atoms with van der Waals surface area (Å²) in [7, 11) is 0.609. The fourth-order valence-corrected chi connectivity index (χ4v) is 2.93. The molecule has 0 amide bonds. The first-order chi connectivity index (χ1) is 10.2. The predicted octanol–water partition coefficient (Wildman–Crippen LogP) is 1.46. The van der Waals surface area contributed by atoms with Gasteiger partial charge < -0.3 is 4.74 Å². The summed E-state index contributed by atoms with van der Waals surface area (Å²) >= 11 is 0. The van der Waals surface area contributed by atoms with Gasteiger partial charge in [-0.2, -0.15) is 0 Å². The number of hydrogen-bond donors (Lipinski definition) is 0. The number of methoxy groups -OCH3 is 1. The minimum atomic E-state index is -0.731. The maximum Gasteiger partial charge on any atom is 0 e. The number of ether oxygens (including phenoxy) is 1. The molecule has 0 radical (unpaired) electrons. The van der Waals surface area contributed by atoms with Crippen molar-refractivity contribution in [2.24, 2.45) is 0 Å². The first kappa shape index (κ1) is 28.9. The third kappa shape index (κ3) is 16.9. The van der Waals surface area contributed by atoms with Crippen LogP contribution in [-0.2, 0) is 51.4 Å². The fraction of sp³-hybridized carbons (Fsp3) is 0.429. The number of carbonyl (C=O) groups excluding carboxylic acids is 1. The Labute approximate surface area is 143 Å². The smallest absolute Gasteiger partial charge is 0 e. The molecule has 8 heteroatoms. The largest absolute Gasteiger partial charge is 0 e. The second kappa shape index (κ2) is 24.8. The molecule has 0 N–H and O–H groups in total. The zero-order chi connectivity index (χ0) is 17.1. The van der Waals surface area contributed by atoms with Crippen molar-refractivity contribution in [3.05, 3.63) is 44.3 Å². The van der Waals surface area contributed by atoms with Gasteiger partial charge in [0.1, 0.15) is 0 Å². The monoisotopic (exact) mass is 368 g/mol. The molecule has 6 nitrogen and oxygen atoms in total. The van der Waals surface area contributed by atoms with Crippen molar-refractivity contribution in [1.82, 2.24) is 0 Å². The van der Waals surface area contributed by atoms with Crippen LogP contribution in [0.15, 0.2) is 24.3 Å². The Morgan fingerprint density at radius 3 is 2.14 bits per heavy atom. The van der Waals surface area contributed by atoms with E-state index in [1.807, 2.05) is 6.08 Å². The Kier molecular flexibility index (Phi) is 32.6. The molecular weight excluding hydrogens is 352 g/mol. The van der Waals surface area contributed by atoms with Gasteiger partial charge in [0.05, 0.1) is 12.4 Å². The Balaban J connectivity index is -0.000000206. The Bertz CT molecular complexity index is 397. The van der Waals surface area contributed by atoms with Crippen LogP contribution in [0.25, 0.3) is 0 Å². The van der Waals surface area contributed by atoms with Crippen LogP contribution in [0.2, 0.25) is 0 Å². The molecule has 0 spiro atoms. The van der Waals surface area contributed by atoms with Gasteiger partial charge >= 0.3 is 39.9 Å². The van der Waals surface area contributed by atoms with E-state index in [2.05, 4.69) is 24.7 Å². The molecule has 2 atom stereocenters. The summed E-state index contributed by atoms with van der Waals surface area (Å²) in [5.41, 5.74) is 0. The summed E-state index contributed by atoms with van der Waals surface area (Å²) < 4.78 is 38.5. The van der Waals surface area contributed by atoms with Gasteiger partial charge in [0.15, 0.2) is 0 Å². The molecular formula is C14H16FeO6S. The van der Waals surface area contributed by atoms with Crippen molar-refractivity contribution in [2.45, 2.75) is 24.5 Å². The first-order valence-electron chi connectivity index (χ1n) is 5.65.